The molecule has 0 aliphatic rings. The van der Waals surface area contributed by atoms with Crippen LogP contribution in [0.2, 0.25) is 5.02 Å². The largest absolute Gasteiger partial charge is 0.338 e. The van der Waals surface area contributed by atoms with E-state index in [2.05, 4.69) is 10.6 Å². The number of hydrogen-bond acceptors (Lipinski definition) is 1. The second-order valence-corrected chi connectivity index (χ2v) is 4.99. The van der Waals surface area contributed by atoms with Gasteiger partial charge in [0.1, 0.15) is 5.82 Å². The summed E-state index contributed by atoms with van der Waals surface area (Å²) in [6, 6.07) is 13.4. The maximum absolute atomic E-state index is 13.0. The van der Waals surface area contributed by atoms with Gasteiger partial charge in [0.05, 0.1) is 0 Å². The van der Waals surface area contributed by atoms with E-state index in [1.165, 1.54) is 12.1 Å². The lowest BCUT2D eigenvalue weighted by Crippen LogP contribution is -2.36. The molecule has 0 fully saturated rings. The van der Waals surface area contributed by atoms with E-state index in [9.17, 15) is 9.18 Å². The summed E-state index contributed by atoms with van der Waals surface area (Å²) in [5.74, 6) is -0.312. The Kier molecular flexibility index (Phi) is 5.58. The third-order valence-electron chi connectivity index (χ3n) is 2.98. The normalized spacial score (nSPS) is 10.2. The molecule has 2 rings (SSSR count). The molecule has 0 unspecified atom stereocenters. The molecule has 0 aliphatic heterocycles. The Morgan fingerprint density at radius 2 is 1.90 bits per heavy atom. The molecular weight excluding hydrogens is 291 g/mol. The number of rotatable bonds is 5. The zero-order chi connectivity index (χ0) is 15.1. The average molecular weight is 307 g/mol. The molecule has 0 saturated carbocycles. The van der Waals surface area contributed by atoms with Crippen LogP contribution in [0.5, 0.6) is 0 Å². The molecule has 2 aromatic rings. The van der Waals surface area contributed by atoms with Crippen LogP contribution in [0.4, 0.5) is 9.18 Å². The first-order chi connectivity index (χ1) is 10.1. The summed E-state index contributed by atoms with van der Waals surface area (Å²) in [5.41, 5.74) is 1.71. The van der Waals surface area contributed by atoms with E-state index in [0.717, 1.165) is 11.1 Å². The summed E-state index contributed by atoms with van der Waals surface area (Å²) in [7, 11) is 0. The Morgan fingerprint density at radius 3 is 2.67 bits per heavy atom. The van der Waals surface area contributed by atoms with Gasteiger partial charge in [-0.2, -0.15) is 0 Å². The molecular formula is C16H16ClFN2O. The maximum atomic E-state index is 13.0. The van der Waals surface area contributed by atoms with E-state index in [-0.39, 0.29) is 18.4 Å². The van der Waals surface area contributed by atoms with Crippen LogP contribution in [-0.2, 0) is 13.0 Å². The number of carbonyl (C=O) groups excluding carboxylic acids is 1. The van der Waals surface area contributed by atoms with Crippen molar-refractivity contribution in [1.82, 2.24) is 10.6 Å². The Bertz CT molecular complexity index is 619. The minimum absolute atomic E-state index is 0.286. The van der Waals surface area contributed by atoms with Crippen molar-refractivity contribution >= 4 is 17.6 Å². The van der Waals surface area contributed by atoms with Crippen LogP contribution in [0.1, 0.15) is 11.1 Å². The number of halogens is 2. The topological polar surface area (TPSA) is 41.1 Å². The maximum Gasteiger partial charge on any atom is 0.315 e. The number of nitrogens with one attached hydrogen (secondary N) is 2. The van der Waals surface area contributed by atoms with Crippen LogP contribution in [0.3, 0.4) is 0 Å². The lowest BCUT2D eigenvalue weighted by molar-refractivity contribution is 0.240. The van der Waals surface area contributed by atoms with Crippen LogP contribution in [0.25, 0.3) is 0 Å². The molecule has 2 amide bonds. The van der Waals surface area contributed by atoms with Gasteiger partial charge in [0.15, 0.2) is 0 Å². The van der Waals surface area contributed by atoms with Crippen molar-refractivity contribution in [3.8, 4) is 0 Å². The highest BCUT2D eigenvalue weighted by Crippen LogP contribution is 2.14. The number of urea groups is 1. The van der Waals surface area contributed by atoms with Crippen molar-refractivity contribution in [3.63, 3.8) is 0 Å². The SMILES string of the molecule is O=C(NCCc1ccccc1Cl)NCc1cccc(F)c1. The first-order valence-corrected chi connectivity index (χ1v) is 7.02. The van der Waals surface area contributed by atoms with Gasteiger partial charge in [-0.05, 0) is 35.7 Å². The standard InChI is InChI=1S/C16H16ClFN2O/c17-15-7-2-1-5-13(15)8-9-19-16(21)20-11-12-4-3-6-14(18)10-12/h1-7,10H,8-9,11H2,(H2,19,20,21). The van der Waals surface area contributed by atoms with E-state index >= 15 is 0 Å². The smallest absolute Gasteiger partial charge is 0.315 e. The monoisotopic (exact) mass is 306 g/mol. The van der Waals surface area contributed by atoms with E-state index in [4.69, 9.17) is 11.6 Å². The molecule has 5 heteroatoms. The van der Waals surface area contributed by atoms with Gasteiger partial charge in [0.25, 0.3) is 0 Å². The van der Waals surface area contributed by atoms with Crippen molar-refractivity contribution in [2.45, 2.75) is 13.0 Å². The number of benzene rings is 2. The Morgan fingerprint density at radius 1 is 1.10 bits per heavy atom. The van der Waals surface area contributed by atoms with E-state index in [0.29, 0.717) is 18.0 Å². The van der Waals surface area contributed by atoms with Gasteiger partial charge in [0.2, 0.25) is 0 Å². The molecule has 0 spiro atoms. The molecule has 0 aliphatic carbocycles. The minimum atomic E-state index is -0.312. The van der Waals surface area contributed by atoms with Crippen molar-refractivity contribution in [1.29, 1.82) is 0 Å². The van der Waals surface area contributed by atoms with Crippen LogP contribution in [0.15, 0.2) is 48.5 Å². The Balaban J connectivity index is 1.72. The summed E-state index contributed by atoms with van der Waals surface area (Å²) in [4.78, 5) is 11.6. The fourth-order valence-corrected chi connectivity index (χ4v) is 2.13. The van der Waals surface area contributed by atoms with Gasteiger partial charge in [-0.25, -0.2) is 9.18 Å². The zero-order valence-corrected chi connectivity index (χ0v) is 12.2. The molecule has 21 heavy (non-hydrogen) atoms. The fourth-order valence-electron chi connectivity index (χ4n) is 1.90. The van der Waals surface area contributed by atoms with E-state index in [1.54, 1.807) is 12.1 Å². The second-order valence-electron chi connectivity index (χ2n) is 4.58. The summed E-state index contributed by atoms with van der Waals surface area (Å²) in [6.07, 6.45) is 0.660. The van der Waals surface area contributed by atoms with E-state index < -0.39 is 0 Å². The van der Waals surface area contributed by atoms with Crippen molar-refractivity contribution in [2.24, 2.45) is 0 Å². The molecule has 0 bridgehead atoms. The molecule has 0 saturated heterocycles. The predicted molar refractivity (Wildman–Crippen MR) is 81.8 cm³/mol. The predicted octanol–water partition coefficient (Wildman–Crippen LogP) is 3.52. The summed E-state index contributed by atoms with van der Waals surface area (Å²) in [5, 5.41) is 6.11. The number of carbonyl (C=O) groups is 1. The fraction of sp³-hybridized carbons (Fsp3) is 0.188. The molecule has 3 nitrogen and oxygen atoms in total. The molecule has 0 radical (unpaired) electrons. The van der Waals surface area contributed by atoms with Gasteiger partial charge in [-0.1, -0.05) is 41.9 Å². The Labute approximate surface area is 128 Å². The number of hydrogen-bond donors (Lipinski definition) is 2. The Hall–Kier alpha value is -2.07. The third kappa shape index (κ3) is 5.08. The molecule has 0 heterocycles. The van der Waals surface area contributed by atoms with Crippen LogP contribution >= 0.6 is 11.6 Å². The van der Waals surface area contributed by atoms with Crippen molar-refractivity contribution in [3.05, 3.63) is 70.5 Å². The first-order valence-electron chi connectivity index (χ1n) is 6.65. The second kappa shape index (κ2) is 7.64. The highest BCUT2D eigenvalue weighted by atomic mass is 35.5. The lowest BCUT2D eigenvalue weighted by atomic mass is 10.1. The molecule has 110 valence electrons. The molecule has 0 aromatic heterocycles. The molecule has 0 atom stereocenters. The molecule has 2 aromatic carbocycles. The molecule has 2 N–H and O–H groups in total. The van der Waals surface area contributed by atoms with Crippen LogP contribution in [-0.4, -0.2) is 12.6 Å². The lowest BCUT2D eigenvalue weighted by Gasteiger charge is -2.08. The van der Waals surface area contributed by atoms with Gasteiger partial charge >= 0.3 is 6.03 Å². The van der Waals surface area contributed by atoms with Crippen LogP contribution in [0, 0.1) is 5.82 Å². The van der Waals surface area contributed by atoms with Crippen molar-refractivity contribution in [2.75, 3.05) is 6.54 Å². The summed E-state index contributed by atoms with van der Waals surface area (Å²) >= 11 is 6.03. The minimum Gasteiger partial charge on any atom is -0.338 e. The third-order valence-corrected chi connectivity index (χ3v) is 3.35. The average Bonchev–Trinajstić information content (AvgIpc) is 2.47. The van der Waals surface area contributed by atoms with Gasteiger partial charge in [-0.3, -0.25) is 0 Å². The van der Waals surface area contributed by atoms with Crippen molar-refractivity contribution < 1.29 is 9.18 Å². The van der Waals surface area contributed by atoms with Gasteiger partial charge in [0, 0.05) is 18.1 Å². The van der Waals surface area contributed by atoms with Gasteiger partial charge < -0.3 is 10.6 Å². The highest BCUT2D eigenvalue weighted by Gasteiger charge is 2.02. The highest BCUT2D eigenvalue weighted by molar-refractivity contribution is 6.31. The van der Waals surface area contributed by atoms with Gasteiger partial charge in [-0.15, -0.1) is 0 Å². The van der Waals surface area contributed by atoms with Crippen LogP contribution < -0.4 is 10.6 Å². The summed E-state index contributed by atoms with van der Waals surface area (Å²) in [6.45, 7) is 0.772. The zero-order valence-electron chi connectivity index (χ0n) is 11.4. The van der Waals surface area contributed by atoms with E-state index in [1.807, 2.05) is 24.3 Å². The number of amides is 2. The quantitative estimate of drug-likeness (QED) is 0.872. The summed E-state index contributed by atoms with van der Waals surface area (Å²) < 4.78 is 13.0. The first kappa shape index (κ1) is 15.3.